The Morgan fingerprint density at radius 1 is 1.24 bits per heavy atom. The maximum absolute atomic E-state index is 12.2. The predicted molar refractivity (Wildman–Crippen MR) is 114 cm³/mol. The number of carbonyl (C=O) groups is 1. The fourth-order valence-electron chi connectivity index (χ4n) is 4.50. The van der Waals surface area contributed by atoms with Crippen molar-refractivity contribution in [1.82, 2.24) is 4.57 Å². The molecule has 0 bridgehead atoms. The van der Waals surface area contributed by atoms with Crippen LogP contribution in [0.5, 0.6) is 0 Å². The number of aromatic nitrogens is 1. The minimum atomic E-state index is -3.34. The molecule has 1 aliphatic rings. The highest BCUT2D eigenvalue weighted by molar-refractivity contribution is 7.90. The lowest BCUT2D eigenvalue weighted by Crippen LogP contribution is -2.11. The van der Waals surface area contributed by atoms with Crippen molar-refractivity contribution in [2.45, 2.75) is 43.5 Å². The van der Waals surface area contributed by atoms with Crippen molar-refractivity contribution in [3.05, 3.63) is 63.8 Å². The number of aliphatic carboxylic acids is 1. The van der Waals surface area contributed by atoms with Crippen LogP contribution in [0.1, 0.15) is 41.1 Å². The second kappa shape index (κ2) is 7.18. The molecule has 7 heteroatoms. The highest BCUT2D eigenvalue weighted by atomic mass is 35.5. The fourth-order valence-corrected chi connectivity index (χ4v) is 5.35. The van der Waals surface area contributed by atoms with Crippen LogP contribution in [0.25, 0.3) is 10.9 Å². The summed E-state index contributed by atoms with van der Waals surface area (Å²) in [5.41, 5.74) is 5.01. The van der Waals surface area contributed by atoms with Crippen LogP contribution in [0.2, 0.25) is 5.02 Å². The Morgan fingerprint density at radius 2 is 1.93 bits per heavy atom. The van der Waals surface area contributed by atoms with Crippen molar-refractivity contribution < 1.29 is 18.3 Å². The molecule has 0 radical (unpaired) electrons. The third-order valence-corrected chi connectivity index (χ3v) is 7.05. The van der Waals surface area contributed by atoms with Crippen molar-refractivity contribution in [1.29, 1.82) is 0 Å². The zero-order valence-corrected chi connectivity index (χ0v) is 17.8. The van der Waals surface area contributed by atoms with Gasteiger partial charge in [0.2, 0.25) is 0 Å². The number of nitrogens with zero attached hydrogens (tertiary/aromatic N) is 1. The van der Waals surface area contributed by atoms with Crippen molar-refractivity contribution in [2.24, 2.45) is 0 Å². The van der Waals surface area contributed by atoms with Crippen LogP contribution in [-0.2, 0) is 27.6 Å². The molecule has 5 nitrogen and oxygen atoms in total. The summed E-state index contributed by atoms with van der Waals surface area (Å²) >= 11 is 6.02. The van der Waals surface area contributed by atoms with Crippen molar-refractivity contribution >= 4 is 38.3 Å². The number of halogens is 1. The zero-order chi connectivity index (χ0) is 20.9. The van der Waals surface area contributed by atoms with Gasteiger partial charge < -0.3 is 9.67 Å². The van der Waals surface area contributed by atoms with Gasteiger partial charge in [-0.3, -0.25) is 4.79 Å². The van der Waals surface area contributed by atoms with Gasteiger partial charge in [-0.1, -0.05) is 23.7 Å². The molecule has 0 spiro atoms. The van der Waals surface area contributed by atoms with Gasteiger partial charge in [0.25, 0.3) is 0 Å². The molecule has 1 atom stereocenters. The van der Waals surface area contributed by atoms with E-state index in [2.05, 4.69) is 4.57 Å². The number of sulfone groups is 1. The van der Waals surface area contributed by atoms with E-state index in [1.807, 2.05) is 31.2 Å². The lowest BCUT2D eigenvalue weighted by molar-refractivity contribution is -0.137. The monoisotopic (exact) mass is 431 g/mol. The SMILES string of the molecule is Cc1cc(S(C)(=O)=O)cc2c3c(n(Cc4ccc(Cl)cc4)c12)C(CC(=O)O)CC3. The van der Waals surface area contributed by atoms with E-state index in [-0.39, 0.29) is 12.3 Å². The van der Waals surface area contributed by atoms with Gasteiger partial charge in [-0.05, 0) is 60.7 Å². The molecule has 2 aromatic carbocycles. The molecule has 1 N–H and O–H groups in total. The molecule has 0 saturated heterocycles. The quantitative estimate of drug-likeness (QED) is 0.642. The van der Waals surface area contributed by atoms with Crippen LogP contribution in [0.4, 0.5) is 0 Å². The first-order valence-electron chi connectivity index (χ1n) is 9.47. The molecule has 152 valence electrons. The molecule has 0 fully saturated rings. The topological polar surface area (TPSA) is 76.4 Å². The summed E-state index contributed by atoms with van der Waals surface area (Å²) in [6.45, 7) is 2.49. The summed E-state index contributed by atoms with van der Waals surface area (Å²) in [6, 6.07) is 11.1. The Morgan fingerprint density at radius 3 is 2.55 bits per heavy atom. The van der Waals surface area contributed by atoms with Gasteiger partial charge in [0.1, 0.15) is 0 Å². The summed E-state index contributed by atoms with van der Waals surface area (Å²) < 4.78 is 26.5. The first kappa shape index (κ1) is 20.0. The van der Waals surface area contributed by atoms with E-state index in [9.17, 15) is 18.3 Å². The second-order valence-corrected chi connectivity index (χ2v) is 10.3. The number of hydrogen-bond acceptors (Lipinski definition) is 3. The van der Waals surface area contributed by atoms with Crippen LogP contribution < -0.4 is 0 Å². The van der Waals surface area contributed by atoms with E-state index in [4.69, 9.17) is 11.6 Å². The molecule has 0 aliphatic heterocycles. The Balaban J connectivity index is 1.96. The summed E-state index contributed by atoms with van der Waals surface area (Å²) in [7, 11) is -3.34. The summed E-state index contributed by atoms with van der Waals surface area (Å²) in [6.07, 6.45) is 2.80. The van der Waals surface area contributed by atoms with Crippen LogP contribution in [-0.4, -0.2) is 30.3 Å². The van der Waals surface area contributed by atoms with E-state index in [1.54, 1.807) is 12.1 Å². The van der Waals surface area contributed by atoms with Crippen molar-refractivity contribution in [3.8, 4) is 0 Å². The Bertz CT molecular complexity index is 1230. The third-order valence-electron chi connectivity index (χ3n) is 5.70. The summed E-state index contributed by atoms with van der Waals surface area (Å²) in [5, 5.41) is 11.0. The number of hydrogen-bond donors (Lipinski definition) is 1. The lowest BCUT2D eigenvalue weighted by atomic mass is 10.0. The molecule has 4 rings (SSSR count). The molecular formula is C22H22ClNO4S. The average molecular weight is 432 g/mol. The second-order valence-electron chi connectivity index (χ2n) is 7.82. The minimum Gasteiger partial charge on any atom is -0.481 e. The summed E-state index contributed by atoms with van der Waals surface area (Å²) in [4.78, 5) is 11.7. The maximum atomic E-state index is 12.2. The lowest BCUT2D eigenvalue weighted by Gasteiger charge is -2.17. The van der Waals surface area contributed by atoms with E-state index in [1.165, 1.54) is 6.26 Å². The largest absolute Gasteiger partial charge is 0.481 e. The van der Waals surface area contributed by atoms with Crippen molar-refractivity contribution in [2.75, 3.05) is 6.26 Å². The molecular weight excluding hydrogens is 410 g/mol. The standard InChI is InChI=1S/C22H22ClNO4S/c1-13-9-17(29(2,27)28)11-19-18-8-5-15(10-20(25)26)22(18)24(21(13)19)12-14-3-6-16(23)7-4-14/h3-4,6-7,9,11,15H,5,8,10,12H2,1-2H3,(H,25,26). The molecule has 0 amide bonds. The van der Waals surface area contributed by atoms with Gasteiger partial charge in [0.05, 0.1) is 16.8 Å². The minimum absolute atomic E-state index is 0.0714. The first-order valence-corrected chi connectivity index (χ1v) is 11.7. The van der Waals surface area contributed by atoms with Gasteiger partial charge in [-0.25, -0.2) is 8.42 Å². The highest BCUT2D eigenvalue weighted by Crippen LogP contribution is 2.43. The fraction of sp³-hybridized carbons (Fsp3) is 0.318. The van der Waals surface area contributed by atoms with Gasteiger partial charge in [0, 0.05) is 34.8 Å². The smallest absolute Gasteiger partial charge is 0.304 e. The van der Waals surface area contributed by atoms with Gasteiger partial charge in [0.15, 0.2) is 9.84 Å². The van der Waals surface area contributed by atoms with E-state index in [0.29, 0.717) is 16.5 Å². The molecule has 1 heterocycles. The Kier molecular flexibility index (Phi) is 4.95. The molecule has 1 aromatic heterocycles. The van der Waals surface area contributed by atoms with Crippen LogP contribution in [0.3, 0.4) is 0 Å². The molecule has 1 aliphatic carbocycles. The predicted octanol–water partition coefficient (Wildman–Crippen LogP) is 4.56. The number of fused-ring (bicyclic) bond motifs is 3. The highest BCUT2D eigenvalue weighted by Gasteiger charge is 2.32. The average Bonchev–Trinajstić information content (AvgIpc) is 3.16. The van der Waals surface area contributed by atoms with E-state index < -0.39 is 15.8 Å². The van der Waals surface area contributed by atoms with E-state index >= 15 is 0 Å². The van der Waals surface area contributed by atoms with Crippen LogP contribution in [0.15, 0.2) is 41.3 Å². The number of rotatable bonds is 5. The number of aryl methyl sites for hydroxylation is 2. The normalized spacial score (nSPS) is 16.3. The van der Waals surface area contributed by atoms with Crippen LogP contribution in [0, 0.1) is 6.92 Å². The van der Waals surface area contributed by atoms with Crippen LogP contribution >= 0.6 is 11.6 Å². The van der Waals surface area contributed by atoms with Gasteiger partial charge >= 0.3 is 5.97 Å². The maximum Gasteiger partial charge on any atom is 0.304 e. The first-order chi connectivity index (χ1) is 13.6. The van der Waals surface area contributed by atoms with Gasteiger partial charge in [-0.15, -0.1) is 0 Å². The van der Waals surface area contributed by atoms with Gasteiger partial charge in [-0.2, -0.15) is 0 Å². The number of benzene rings is 2. The molecule has 1 unspecified atom stereocenters. The molecule has 3 aromatic rings. The van der Waals surface area contributed by atoms with Crippen molar-refractivity contribution in [3.63, 3.8) is 0 Å². The van der Waals surface area contributed by atoms with E-state index in [0.717, 1.165) is 46.1 Å². The Labute approximate surface area is 174 Å². The molecule has 0 saturated carbocycles. The summed E-state index contributed by atoms with van der Waals surface area (Å²) in [5.74, 6) is -0.900. The molecule has 29 heavy (non-hydrogen) atoms. The Hall–Kier alpha value is -2.31. The number of carboxylic acids is 1. The zero-order valence-electron chi connectivity index (χ0n) is 16.3. The third kappa shape index (κ3) is 3.67. The number of carboxylic acid groups (broad SMARTS) is 1.